The molecule has 1 aromatic heterocycles. The molecule has 100 valence electrons. The van der Waals surface area contributed by atoms with Crippen LogP contribution in [0.5, 0.6) is 0 Å². The van der Waals surface area contributed by atoms with Crippen LogP contribution in [-0.2, 0) is 22.7 Å². The monoisotopic (exact) mass is 257 g/mol. The minimum atomic E-state index is -0.406. The Balaban J connectivity index is 3.09. The molecule has 0 unspecified atom stereocenters. The van der Waals surface area contributed by atoms with Crippen molar-refractivity contribution in [3.63, 3.8) is 0 Å². The van der Waals surface area contributed by atoms with Crippen LogP contribution < -0.4 is 4.48 Å². The van der Waals surface area contributed by atoms with Gasteiger partial charge in [0.2, 0.25) is 0 Å². The molecule has 0 saturated heterocycles. The van der Waals surface area contributed by atoms with Gasteiger partial charge in [0.25, 0.3) is 0 Å². The van der Waals surface area contributed by atoms with E-state index < -0.39 is 5.97 Å². The van der Waals surface area contributed by atoms with Gasteiger partial charge >= 0.3 is 11.9 Å². The topological polar surface area (TPSA) is 105 Å². The number of quaternary nitrogens is 1. The molecule has 0 bridgehead atoms. The number of nitrogens with zero attached hydrogens (tertiary/aromatic N) is 4. The number of aromatic nitrogens is 3. The van der Waals surface area contributed by atoms with Crippen molar-refractivity contribution in [2.24, 2.45) is 0 Å². The SMILES string of the molecule is COC(=O)C[N+](C)(C)c1nc(CO)nc(CO)n1. The zero-order valence-electron chi connectivity index (χ0n) is 10.6. The van der Waals surface area contributed by atoms with Gasteiger partial charge in [-0.25, -0.2) is 9.78 Å². The van der Waals surface area contributed by atoms with E-state index in [0.717, 1.165) is 0 Å². The number of carbonyl (C=O) groups excluding carboxylic acids is 1. The van der Waals surface area contributed by atoms with E-state index in [0.29, 0.717) is 0 Å². The highest BCUT2D eigenvalue weighted by Gasteiger charge is 2.28. The zero-order chi connectivity index (χ0) is 13.8. The summed E-state index contributed by atoms with van der Waals surface area (Å²) >= 11 is 0. The number of methoxy groups -OCH3 is 1. The van der Waals surface area contributed by atoms with Crippen molar-refractivity contribution >= 4 is 11.9 Å². The second-order valence-corrected chi connectivity index (χ2v) is 4.20. The lowest BCUT2D eigenvalue weighted by Crippen LogP contribution is -2.46. The van der Waals surface area contributed by atoms with Crippen molar-refractivity contribution in [2.75, 3.05) is 27.7 Å². The van der Waals surface area contributed by atoms with E-state index in [9.17, 15) is 4.79 Å². The molecular weight excluding hydrogens is 240 g/mol. The maximum absolute atomic E-state index is 11.3. The molecule has 0 spiro atoms. The summed E-state index contributed by atoms with van der Waals surface area (Å²) < 4.78 is 4.63. The molecule has 0 fully saturated rings. The summed E-state index contributed by atoms with van der Waals surface area (Å²) in [4.78, 5) is 23.2. The summed E-state index contributed by atoms with van der Waals surface area (Å²) in [6.07, 6.45) is 0. The Labute approximate surface area is 104 Å². The molecule has 0 saturated carbocycles. The number of carbonyl (C=O) groups is 1. The van der Waals surface area contributed by atoms with E-state index in [1.165, 1.54) is 7.11 Å². The number of hydrogen-bond donors (Lipinski definition) is 2. The molecule has 1 aromatic rings. The van der Waals surface area contributed by atoms with E-state index in [1.807, 2.05) is 0 Å². The molecule has 0 aromatic carbocycles. The minimum absolute atomic E-state index is 0.0369. The van der Waals surface area contributed by atoms with Crippen LogP contribution in [0.25, 0.3) is 0 Å². The highest BCUT2D eigenvalue weighted by Crippen LogP contribution is 2.13. The van der Waals surface area contributed by atoms with E-state index in [-0.39, 0.29) is 41.8 Å². The van der Waals surface area contributed by atoms with Crippen molar-refractivity contribution in [1.29, 1.82) is 0 Å². The number of rotatable bonds is 5. The van der Waals surface area contributed by atoms with Crippen LogP contribution in [0.3, 0.4) is 0 Å². The largest absolute Gasteiger partial charge is 0.465 e. The molecule has 0 aliphatic heterocycles. The van der Waals surface area contributed by atoms with Crippen LogP contribution in [0.1, 0.15) is 11.6 Å². The van der Waals surface area contributed by atoms with Gasteiger partial charge in [-0.15, -0.1) is 0 Å². The predicted molar refractivity (Wildman–Crippen MR) is 62.2 cm³/mol. The molecule has 8 heteroatoms. The van der Waals surface area contributed by atoms with E-state index in [4.69, 9.17) is 10.2 Å². The van der Waals surface area contributed by atoms with E-state index in [1.54, 1.807) is 14.1 Å². The van der Waals surface area contributed by atoms with Gasteiger partial charge in [0.1, 0.15) is 13.2 Å². The van der Waals surface area contributed by atoms with Gasteiger partial charge in [-0.1, -0.05) is 0 Å². The summed E-state index contributed by atoms with van der Waals surface area (Å²) in [6.45, 7) is -0.683. The first kappa shape index (κ1) is 14.4. The van der Waals surface area contributed by atoms with E-state index >= 15 is 0 Å². The number of ether oxygens (including phenoxy) is 1. The maximum atomic E-state index is 11.3. The highest BCUT2D eigenvalue weighted by atomic mass is 16.5. The maximum Gasteiger partial charge on any atom is 0.362 e. The molecule has 8 nitrogen and oxygen atoms in total. The Bertz CT molecular complexity index is 414. The number of hydrogen-bond acceptors (Lipinski definition) is 7. The highest BCUT2D eigenvalue weighted by molar-refractivity contribution is 5.73. The zero-order valence-corrected chi connectivity index (χ0v) is 10.6. The van der Waals surface area contributed by atoms with E-state index in [2.05, 4.69) is 19.7 Å². The fourth-order valence-corrected chi connectivity index (χ4v) is 1.32. The van der Waals surface area contributed by atoms with Gasteiger partial charge in [0.15, 0.2) is 18.2 Å². The Morgan fingerprint density at radius 3 is 2.06 bits per heavy atom. The molecule has 0 aliphatic carbocycles. The standard InChI is InChI=1S/C10H17N4O4/c1-14(2,4-9(17)18-3)10-12-7(5-15)11-8(6-16)13-10/h15-16H,4-6H2,1-3H3/q+1. The molecular formula is C10H17N4O4+. The molecule has 1 heterocycles. The summed E-state index contributed by atoms with van der Waals surface area (Å²) in [7, 11) is 4.73. The van der Waals surface area contributed by atoms with Crippen LogP contribution in [0.4, 0.5) is 5.95 Å². The number of aliphatic hydroxyl groups excluding tert-OH is 2. The smallest absolute Gasteiger partial charge is 0.362 e. The summed E-state index contributed by atoms with van der Waals surface area (Å²) in [5.74, 6) is 0.181. The van der Waals surface area contributed by atoms with Gasteiger partial charge in [0.05, 0.1) is 21.2 Å². The third-order valence-electron chi connectivity index (χ3n) is 2.29. The average Bonchev–Trinajstić information content (AvgIpc) is 2.37. The fraction of sp³-hybridized carbons (Fsp3) is 0.600. The lowest BCUT2D eigenvalue weighted by molar-refractivity contribution is -0.141. The van der Waals surface area contributed by atoms with Crippen LogP contribution in [0.15, 0.2) is 0 Å². The molecule has 0 amide bonds. The summed E-state index contributed by atoms with van der Waals surface area (Å²) in [5, 5.41) is 18.1. The van der Waals surface area contributed by atoms with Crippen molar-refractivity contribution < 1.29 is 19.7 Å². The van der Waals surface area contributed by atoms with Gasteiger partial charge in [-0.05, 0) is 0 Å². The van der Waals surface area contributed by atoms with Gasteiger partial charge in [0, 0.05) is 0 Å². The molecule has 0 radical (unpaired) electrons. The molecule has 0 atom stereocenters. The Morgan fingerprint density at radius 2 is 1.67 bits per heavy atom. The summed E-state index contributed by atoms with van der Waals surface area (Å²) in [5.41, 5.74) is 0. The van der Waals surface area contributed by atoms with Crippen LogP contribution >= 0.6 is 0 Å². The van der Waals surface area contributed by atoms with Crippen LogP contribution in [0, 0.1) is 0 Å². The van der Waals surface area contributed by atoms with Crippen molar-refractivity contribution in [2.45, 2.75) is 13.2 Å². The Morgan fingerprint density at radius 1 is 1.17 bits per heavy atom. The molecule has 18 heavy (non-hydrogen) atoms. The minimum Gasteiger partial charge on any atom is -0.465 e. The number of aliphatic hydroxyl groups is 2. The summed E-state index contributed by atoms with van der Waals surface area (Å²) in [6, 6.07) is 0. The second kappa shape index (κ2) is 5.80. The van der Waals surface area contributed by atoms with Crippen LogP contribution in [-0.4, -0.2) is 58.9 Å². The Hall–Kier alpha value is -1.64. The molecule has 2 N–H and O–H groups in total. The quantitative estimate of drug-likeness (QED) is 0.493. The first-order chi connectivity index (χ1) is 8.42. The van der Waals surface area contributed by atoms with Crippen LogP contribution in [0.2, 0.25) is 0 Å². The fourth-order valence-electron chi connectivity index (χ4n) is 1.32. The number of likely N-dealkylation sites (N-methyl/N-ethyl adjacent to an activating group) is 1. The molecule has 1 rings (SSSR count). The second-order valence-electron chi connectivity index (χ2n) is 4.20. The normalized spacial score (nSPS) is 11.4. The lowest BCUT2D eigenvalue weighted by atomic mass is 10.4. The van der Waals surface area contributed by atoms with Gasteiger partial charge in [-0.3, -0.25) is 4.48 Å². The van der Waals surface area contributed by atoms with Gasteiger partial charge < -0.3 is 14.9 Å². The van der Waals surface area contributed by atoms with Crippen molar-refractivity contribution in [1.82, 2.24) is 19.4 Å². The third kappa shape index (κ3) is 3.42. The van der Waals surface area contributed by atoms with Gasteiger partial charge in [-0.2, -0.15) is 9.97 Å². The first-order valence-corrected chi connectivity index (χ1v) is 5.29. The average molecular weight is 257 g/mol. The lowest BCUT2D eigenvalue weighted by Gasteiger charge is -2.25. The molecule has 0 aliphatic rings. The predicted octanol–water partition coefficient (Wildman–Crippen LogP) is -1.40. The number of esters is 1. The Kier molecular flexibility index (Phi) is 4.65. The van der Waals surface area contributed by atoms with Crippen molar-refractivity contribution in [3.05, 3.63) is 11.6 Å². The van der Waals surface area contributed by atoms with Crippen molar-refractivity contribution in [3.8, 4) is 0 Å². The first-order valence-electron chi connectivity index (χ1n) is 5.29. The third-order valence-corrected chi connectivity index (χ3v) is 2.29.